The molecule has 2 N–H and O–H groups in total. The number of rotatable bonds is 7. The monoisotopic (exact) mass is 313 g/mol. The first-order valence-corrected chi connectivity index (χ1v) is 8.86. The van der Waals surface area contributed by atoms with E-state index in [0.29, 0.717) is 6.61 Å². The maximum atomic E-state index is 12.3. The Morgan fingerprint density at radius 2 is 2.00 bits per heavy atom. The van der Waals surface area contributed by atoms with Crippen LogP contribution in [0.15, 0.2) is 24.3 Å². The van der Waals surface area contributed by atoms with E-state index >= 15 is 0 Å². The van der Waals surface area contributed by atoms with Crippen LogP contribution < -0.4 is 4.72 Å². The Hall–Kier alpha value is -0.950. The lowest BCUT2D eigenvalue weighted by Gasteiger charge is -2.15. The molecule has 1 aromatic carbocycles. The molecule has 0 aromatic heterocycles. The van der Waals surface area contributed by atoms with Gasteiger partial charge in [-0.1, -0.05) is 24.3 Å². The van der Waals surface area contributed by atoms with Gasteiger partial charge in [0.25, 0.3) is 0 Å². The summed E-state index contributed by atoms with van der Waals surface area (Å²) in [4.78, 5) is 0. The number of nitrogens with one attached hydrogen (secondary N) is 1. The summed E-state index contributed by atoms with van der Waals surface area (Å²) < 4.78 is 32.4. The summed E-state index contributed by atoms with van der Waals surface area (Å²) >= 11 is 0. The van der Waals surface area contributed by atoms with Crippen LogP contribution in [0.4, 0.5) is 0 Å². The summed E-state index contributed by atoms with van der Waals surface area (Å²) in [7, 11) is -1.78. The minimum Gasteiger partial charge on any atom is -0.396 e. The van der Waals surface area contributed by atoms with Crippen molar-refractivity contribution in [1.82, 2.24) is 4.72 Å². The number of methoxy groups -OCH3 is 1. The van der Waals surface area contributed by atoms with Crippen molar-refractivity contribution >= 4 is 10.0 Å². The highest BCUT2D eigenvalue weighted by Crippen LogP contribution is 2.26. The Morgan fingerprint density at radius 3 is 2.62 bits per heavy atom. The van der Waals surface area contributed by atoms with Crippen molar-refractivity contribution in [1.29, 1.82) is 0 Å². The Kier molecular flexibility index (Phi) is 5.75. The van der Waals surface area contributed by atoms with Gasteiger partial charge in [-0.3, -0.25) is 0 Å². The molecule has 6 heteroatoms. The van der Waals surface area contributed by atoms with Crippen molar-refractivity contribution in [3.05, 3.63) is 35.4 Å². The van der Waals surface area contributed by atoms with Gasteiger partial charge in [-0.15, -0.1) is 0 Å². The van der Waals surface area contributed by atoms with Gasteiger partial charge in [0.2, 0.25) is 10.0 Å². The van der Waals surface area contributed by atoms with Crippen LogP contribution in [0, 0.1) is 5.92 Å². The predicted octanol–water partition coefficient (Wildman–Crippen LogP) is 1.41. The highest BCUT2D eigenvalue weighted by Gasteiger charge is 2.27. The lowest BCUT2D eigenvalue weighted by Crippen LogP contribution is -2.34. The van der Waals surface area contributed by atoms with Crippen molar-refractivity contribution in [2.24, 2.45) is 5.92 Å². The second kappa shape index (κ2) is 7.35. The molecule has 0 amide bonds. The smallest absolute Gasteiger partial charge is 0.216 e. The second-order valence-electron chi connectivity index (χ2n) is 5.64. The van der Waals surface area contributed by atoms with Crippen LogP contribution in [0.1, 0.15) is 30.4 Å². The number of aliphatic hydroxyl groups excluding tert-OH is 1. The minimum atomic E-state index is -3.38. The molecule has 21 heavy (non-hydrogen) atoms. The van der Waals surface area contributed by atoms with Gasteiger partial charge in [0.05, 0.1) is 12.4 Å². The maximum absolute atomic E-state index is 12.3. The van der Waals surface area contributed by atoms with Gasteiger partial charge in [-0.2, -0.15) is 0 Å². The quantitative estimate of drug-likeness (QED) is 0.798. The van der Waals surface area contributed by atoms with Gasteiger partial charge in [0.1, 0.15) is 0 Å². The molecule has 0 heterocycles. The number of aliphatic hydroxyl groups is 1. The molecule has 0 saturated heterocycles. The normalized spacial score (nSPS) is 22.6. The first-order chi connectivity index (χ1) is 10.0. The largest absolute Gasteiger partial charge is 0.396 e. The molecule has 0 radical (unpaired) electrons. The van der Waals surface area contributed by atoms with Gasteiger partial charge in [-0.25, -0.2) is 13.1 Å². The number of benzene rings is 1. The fourth-order valence-corrected chi connectivity index (χ4v) is 4.34. The average Bonchev–Trinajstić information content (AvgIpc) is 2.88. The van der Waals surface area contributed by atoms with Crippen molar-refractivity contribution in [3.63, 3.8) is 0 Å². The van der Waals surface area contributed by atoms with Crippen LogP contribution in [-0.4, -0.2) is 33.3 Å². The van der Waals surface area contributed by atoms with Gasteiger partial charge in [0, 0.05) is 19.8 Å². The van der Waals surface area contributed by atoms with E-state index in [2.05, 4.69) is 4.72 Å². The number of hydrogen-bond donors (Lipinski definition) is 2. The summed E-state index contributed by atoms with van der Waals surface area (Å²) in [6, 6.07) is 7.36. The fourth-order valence-electron chi connectivity index (χ4n) is 2.84. The van der Waals surface area contributed by atoms with E-state index in [-0.39, 0.29) is 24.3 Å². The average molecular weight is 313 g/mol. The lowest BCUT2D eigenvalue weighted by molar-refractivity contribution is 0.184. The Balaban J connectivity index is 2.01. The van der Waals surface area contributed by atoms with E-state index < -0.39 is 10.0 Å². The third kappa shape index (κ3) is 4.78. The lowest BCUT2D eigenvalue weighted by atomic mass is 10.1. The van der Waals surface area contributed by atoms with Gasteiger partial charge in [0.15, 0.2) is 0 Å². The summed E-state index contributed by atoms with van der Waals surface area (Å²) in [6.45, 7) is 0.538. The summed E-state index contributed by atoms with van der Waals surface area (Å²) in [6.07, 6.45) is 2.39. The van der Waals surface area contributed by atoms with E-state index in [4.69, 9.17) is 9.84 Å². The van der Waals surface area contributed by atoms with Crippen LogP contribution in [0.2, 0.25) is 0 Å². The fraction of sp³-hybridized carbons (Fsp3) is 0.600. The predicted molar refractivity (Wildman–Crippen MR) is 81.1 cm³/mol. The van der Waals surface area contributed by atoms with Gasteiger partial charge < -0.3 is 9.84 Å². The second-order valence-corrected chi connectivity index (χ2v) is 7.39. The van der Waals surface area contributed by atoms with Crippen LogP contribution in [0.25, 0.3) is 0 Å². The van der Waals surface area contributed by atoms with Crippen LogP contribution in [0.3, 0.4) is 0 Å². The molecular weight excluding hydrogens is 290 g/mol. The third-order valence-corrected chi connectivity index (χ3v) is 5.29. The standard InChI is InChI=1S/C15H23NO4S/c1-20-10-13-4-2-3-5-14(13)11-21(18,19)16-15-7-6-12(8-15)9-17/h2-5,12,15-17H,6-11H2,1H3/t12-,15+/m1/s1. The summed E-state index contributed by atoms with van der Waals surface area (Å²) in [5.41, 5.74) is 1.66. The highest BCUT2D eigenvalue weighted by molar-refractivity contribution is 7.88. The zero-order valence-corrected chi connectivity index (χ0v) is 13.1. The molecule has 1 fully saturated rings. The molecule has 5 nitrogen and oxygen atoms in total. The SMILES string of the molecule is COCc1ccccc1CS(=O)(=O)N[C@H]1CC[C@@H](CO)C1. The minimum absolute atomic E-state index is 0.0349. The Morgan fingerprint density at radius 1 is 1.29 bits per heavy atom. The molecule has 1 saturated carbocycles. The van der Waals surface area contributed by atoms with Crippen molar-refractivity contribution in [2.75, 3.05) is 13.7 Å². The molecule has 2 atom stereocenters. The van der Waals surface area contributed by atoms with Crippen molar-refractivity contribution in [2.45, 2.75) is 37.7 Å². The van der Waals surface area contributed by atoms with Crippen molar-refractivity contribution in [3.8, 4) is 0 Å². The third-order valence-electron chi connectivity index (χ3n) is 3.91. The van der Waals surface area contributed by atoms with E-state index in [0.717, 1.165) is 30.4 Å². The highest BCUT2D eigenvalue weighted by atomic mass is 32.2. The molecule has 1 aliphatic carbocycles. The molecule has 0 spiro atoms. The molecule has 0 bridgehead atoms. The van der Waals surface area contributed by atoms with E-state index in [9.17, 15) is 8.42 Å². The zero-order valence-electron chi connectivity index (χ0n) is 12.3. The van der Waals surface area contributed by atoms with Crippen molar-refractivity contribution < 1.29 is 18.3 Å². The first-order valence-electron chi connectivity index (χ1n) is 7.20. The van der Waals surface area contributed by atoms with Crippen LogP contribution >= 0.6 is 0 Å². The first kappa shape index (κ1) is 16.4. The molecule has 2 rings (SSSR count). The Labute approximate surface area is 126 Å². The van der Waals surface area contributed by atoms with Gasteiger partial charge in [-0.05, 0) is 36.3 Å². The van der Waals surface area contributed by atoms with E-state index in [1.165, 1.54) is 0 Å². The maximum Gasteiger partial charge on any atom is 0.216 e. The van der Waals surface area contributed by atoms with Crippen LogP contribution in [0.5, 0.6) is 0 Å². The topological polar surface area (TPSA) is 75.6 Å². The molecule has 1 aromatic rings. The number of ether oxygens (including phenoxy) is 1. The Bertz CT molecular complexity index is 559. The molecular formula is C15H23NO4S. The van der Waals surface area contributed by atoms with E-state index in [1.807, 2.05) is 24.3 Å². The molecule has 0 unspecified atom stereocenters. The van der Waals surface area contributed by atoms with Gasteiger partial charge >= 0.3 is 0 Å². The zero-order chi connectivity index (χ0) is 15.3. The van der Waals surface area contributed by atoms with E-state index in [1.54, 1.807) is 7.11 Å². The summed E-state index contributed by atoms with van der Waals surface area (Å²) in [5.74, 6) is 0.186. The van der Waals surface area contributed by atoms with Crippen LogP contribution in [-0.2, 0) is 27.1 Å². The number of sulfonamides is 1. The molecule has 118 valence electrons. The number of hydrogen-bond acceptors (Lipinski definition) is 4. The summed E-state index contributed by atoms with van der Waals surface area (Å²) in [5, 5.41) is 9.12. The molecule has 1 aliphatic rings. The molecule has 0 aliphatic heterocycles.